The van der Waals surface area contributed by atoms with Crippen LogP contribution in [0.5, 0.6) is 5.75 Å². The number of ether oxygens (including phenoxy) is 2. The Labute approximate surface area is 99.1 Å². The first kappa shape index (κ1) is 11.9. The Kier molecular flexibility index (Phi) is 3.04. The van der Waals surface area contributed by atoms with Gasteiger partial charge in [0.15, 0.2) is 0 Å². The van der Waals surface area contributed by atoms with E-state index >= 15 is 0 Å². The van der Waals surface area contributed by atoms with Gasteiger partial charge in [0.05, 0.1) is 25.7 Å². The Balaban J connectivity index is 2.31. The molecule has 0 aromatic heterocycles. The van der Waals surface area contributed by atoms with Crippen LogP contribution in [0.25, 0.3) is 0 Å². The molecule has 1 aliphatic heterocycles. The molecular formula is C12H15NO4. The van der Waals surface area contributed by atoms with Crippen molar-refractivity contribution in [3.05, 3.63) is 29.8 Å². The first-order valence-electron chi connectivity index (χ1n) is 5.31. The van der Waals surface area contributed by atoms with E-state index < -0.39 is 17.4 Å². The molecule has 0 amide bonds. The van der Waals surface area contributed by atoms with E-state index in [1.165, 1.54) is 0 Å². The van der Waals surface area contributed by atoms with Gasteiger partial charge < -0.3 is 20.3 Å². The molecule has 0 saturated carbocycles. The van der Waals surface area contributed by atoms with Gasteiger partial charge in [0, 0.05) is 0 Å². The number of benzene rings is 1. The highest BCUT2D eigenvalue weighted by atomic mass is 16.5. The lowest BCUT2D eigenvalue weighted by atomic mass is 9.73. The minimum absolute atomic E-state index is 0.340. The molecule has 0 radical (unpaired) electrons. The molecule has 1 aromatic carbocycles. The minimum atomic E-state index is -1.01. The second kappa shape index (κ2) is 4.35. The van der Waals surface area contributed by atoms with Gasteiger partial charge in [-0.2, -0.15) is 0 Å². The molecule has 1 fully saturated rings. The summed E-state index contributed by atoms with van der Waals surface area (Å²) in [7, 11) is 1.58. The molecule has 1 aromatic rings. The normalized spacial score (nSPS) is 19.2. The third-order valence-electron chi connectivity index (χ3n) is 3.25. The number of carbonyl (C=O) groups is 1. The molecule has 2 rings (SSSR count). The van der Waals surface area contributed by atoms with Crippen LogP contribution >= 0.6 is 0 Å². The van der Waals surface area contributed by atoms with Crippen LogP contribution in [0, 0.1) is 0 Å². The molecule has 1 heterocycles. The second-order valence-electron chi connectivity index (χ2n) is 4.19. The van der Waals surface area contributed by atoms with Crippen molar-refractivity contribution in [3.63, 3.8) is 0 Å². The zero-order chi connectivity index (χ0) is 12.5. The molecule has 92 valence electrons. The fraction of sp³-hybridized carbons (Fsp3) is 0.417. The Morgan fingerprint density at radius 3 is 2.41 bits per heavy atom. The van der Waals surface area contributed by atoms with Gasteiger partial charge in [-0.15, -0.1) is 0 Å². The van der Waals surface area contributed by atoms with Crippen molar-refractivity contribution in [2.45, 2.75) is 11.5 Å². The van der Waals surface area contributed by atoms with Crippen LogP contribution in [0.2, 0.25) is 0 Å². The Bertz CT molecular complexity index is 411. The smallest absolute Gasteiger partial charge is 0.321 e. The molecule has 3 N–H and O–H groups in total. The largest absolute Gasteiger partial charge is 0.497 e. The maximum absolute atomic E-state index is 11.0. The van der Waals surface area contributed by atoms with Gasteiger partial charge >= 0.3 is 5.97 Å². The molecular weight excluding hydrogens is 222 g/mol. The monoisotopic (exact) mass is 237 g/mol. The van der Waals surface area contributed by atoms with Crippen LogP contribution in [0.4, 0.5) is 0 Å². The Morgan fingerprint density at radius 1 is 1.47 bits per heavy atom. The number of aliphatic carboxylic acids is 1. The lowest BCUT2D eigenvalue weighted by Gasteiger charge is -2.44. The average Bonchev–Trinajstić information content (AvgIpc) is 2.28. The number of hydrogen-bond donors (Lipinski definition) is 2. The van der Waals surface area contributed by atoms with Crippen LogP contribution in [-0.2, 0) is 14.9 Å². The molecule has 17 heavy (non-hydrogen) atoms. The first-order chi connectivity index (χ1) is 8.10. The number of rotatable bonds is 4. The number of carboxylic acid groups (broad SMARTS) is 1. The van der Waals surface area contributed by atoms with E-state index in [1.54, 1.807) is 19.2 Å². The van der Waals surface area contributed by atoms with Gasteiger partial charge in [-0.1, -0.05) is 12.1 Å². The van der Waals surface area contributed by atoms with Crippen LogP contribution in [0.3, 0.4) is 0 Å². The maximum Gasteiger partial charge on any atom is 0.321 e. The molecule has 1 unspecified atom stereocenters. The molecule has 5 heteroatoms. The van der Waals surface area contributed by atoms with E-state index in [0.717, 1.165) is 11.3 Å². The van der Waals surface area contributed by atoms with Gasteiger partial charge in [-0.05, 0) is 17.7 Å². The van der Waals surface area contributed by atoms with Crippen molar-refractivity contribution in [1.29, 1.82) is 0 Å². The predicted octanol–water partition coefficient (Wildman–Crippen LogP) is 0.375. The summed E-state index contributed by atoms with van der Waals surface area (Å²) in [4.78, 5) is 11.0. The van der Waals surface area contributed by atoms with Crippen LogP contribution in [0.1, 0.15) is 5.56 Å². The van der Waals surface area contributed by atoms with Gasteiger partial charge in [0.25, 0.3) is 0 Å². The molecule has 5 nitrogen and oxygen atoms in total. The van der Waals surface area contributed by atoms with Crippen LogP contribution in [0.15, 0.2) is 24.3 Å². The van der Waals surface area contributed by atoms with Crippen molar-refractivity contribution in [2.24, 2.45) is 5.73 Å². The topological polar surface area (TPSA) is 81.8 Å². The van der Waals surface area contributed by atoms with E-state index in [2.05, 4.69) is 0 Å². The highest BCUT2D eigenvalue weighted by molar-refractivity contribution is 5.76. The number of hydrogen-bond acceptors (Lipinski definition) is 4. The Hall–Kier alpha value is -1.59. The summed E-state index contributed by atoms with van der Waals surface area (Å²) >= 11 is 0. The van der Waals surface area contributed by atoms with E-state index in [0.29, 0.717) is 13.2 Å². The quantitative estimate of drug-likeness (QED) is 0.791. The van der Waals surface area contributed by atoms with Crippen molar-refractivity contribution in [1.82, 2.24) is 0 Å². The van der Waals surface area contributed by atoms with E-state index in [4.69, 9.17) is 20.3 Å². The van der Waals surface area contributed by atoms with Crippen molar-refractivity contribution < 1.29 is 19.4 Å². The van der Waals surface area contributed by atoms with Crippen LogP contribution in [-0.4, -0.2) is 37.4 Å². The van der Waals surface area contributed by atoms with Crippen LogP contribution < -0.4 is 10.5 Å². The minimum Gasteiger partial charge on any atom is -0.497 e. The first-order valence-corrected chi connectivity index (χ1v) is 5.31. The fourth-order valence-electron chi connectivity index (χ4n) is 2.01. The lowest BCUT2D eigenvalue weighted by molar-refractivity contribution is -0.148. The predicted molar refractivity (Wildman–Crippen MR) is 61.1 cm³/mol. The summed E-state index contributed by atoms with van der Waals surface area (Å²) in [5.74, 6) is -0.280. The molecule has 0 spiro atoms. The number of carboxylic acids is 1. The maximum atomic E-state index is 11.0. The molecule has 1 atom stereocenters. The Morgan fingerprint density at radius 2 is 2.06 bits per heavy atom. The van der Waals surface area contributed by atoms with Crippen molar-refractivity contribution in [2.75, 3.05) is 20.3 Å². The number of nitrogens with two attached hydrogens (primary N) is 1. The summed E-state index contributed by atoms with van der Waals surface area (Å²) in [6.07, 6.45) is 0. The van der Waals surface area contributed by atoms with Gasteiger partial charge in [-0.25, -0.2) is 0 Å². The van der Waals surface area contributed by atoms with Crippen molar-refractivity contribution in [3.8, 4) is 5.75 Å². The number of methoxy groups -OCH3 is 1. The summed E-state index contributed by atoms with van der Waals surface area (Å²) in [5, 5.41) is 9.04. The standard InChI is InChI=1S/C12H15NO4/c1-16-9-4-2-8(3-5-9)12(6-17-7-12)10(13)11(14)15/h2-5,10H,6-7,13H2,1H3,(H,14,15). The highest BCUT2D eigenvalue weighted by Crippen LogP contribution is 2.35. The summed E-state index contributed by atoms with van der Waals surface area (Å²) < 4.78 is 10.2. The molecule has 1 saturated heterocycles. The summed E-state index contributed by atoms with van der Waals surface area (Å²) in [5.41, 5.74) is 6.01. The summed E-state index contributed by atoms with van der Waals surface area (Å²) in [6, 6.07) is 6.31. The fourth-order valence-corrected chi connectivity index (χ4v) is 2.01. The van der Waals surface area contributed by atoms with E-state index in [-0.39, 0.29) is 0 Å². The molecule has 0 aliphatic carbocycles. The molecule has 0 bridgehead atoms. The third kappa shape index (κ3) is 1.87. The van der Waals surface area contributed by atoms with Crippen molar-refractivity contribution >= 4 is 5.97 Å². The van der Waals surface area contributed by atoms with E-state index in [1.807, 2.05) is 12.1 Å². The summed E-state index contributed by atoms with van der Waals surface area (Å²) in [6.45, 7) is 0.680. The lowest BCUT2D eigenvalue weighted by Crippen LogP contribution is -2.61. The zero-order valence-corrected chi connectivity index (χ0v) is 9.55. The molecule has 1 aliphatic rings. The second-order valence-corrected chi connectivity index (χ2v) is 4.19. The SMILES string of the molecule is COc1ccc(C2(C(N)C(=O)O)COC2)cc1. The third-order valence-corrected chi connectivity index (χ3v) is 3.25. The zero-order valence-electron chi connectivity index (χ0n) is 9.55. The van der Waals surface area contributed by atoms with Gasteiger partial charge in [0.1, 0.15) is 11.8 Å². The highest BCUT2D eigenvalue weighted by Gasteiger charge is 2.48. The average molecular weight is 237 g/mol. The van der Waals surface area contributed by atoms with E-state index in [9.17, 15) is 4.79 Å². The van der Waals surface area contributed by atoms with Gasteiger partial charge in [-0.3, -0.25) is 4.79 Å². The van der Waals surface area contributed by atoms with Gasteiger partial charge in [0.2, 0.25) is 0 Å².